The van der Waals surface area contributed by atoms with Crippen LogP contribution < -0.4 is 10.9 Å². The van der Waals surface area contributed by atoms with Crippen LogP contribution in [-0.2, 0) is 17.8 Å². The van der Waals surface area contributed by atoms with Crippen molar-refractivity contribution < 1.29 is 23.8 Å². The number of aryl methyl sites for hydroxylation is 1. The minimum Gasteiger partial charge on any atom is -0.465 e. The molecule has 1 fully saturated rings. The molecule has 40 heavy (non-hydrogen) atoms. The third kappa shape index (κ3) is 4.37. The van der Waals surface area contributed by atoms with Crippen molar-refractivity contribution in [2.45, 2.75) is 78.2 Å². The Labute approximate surface area is 230 Å². The van der Waals surface area contributed by atoms with Gasteiger partial charge in [0.2, 0.25) is 5.89 Å². The van der Waals surface area contributed by atoms with Gasteiger partial charge in [-0.25, -0.2) is 14.6 Å². The monoisotopic (exact) mass is 544 g/mol. The number of carbonyl (C=O) groups excluding carboxylic acids is 1. The second kappa shape index (κ2) is 9.11. The average Bonchev–Trinajstić information content (AvgIpc) is 3.52. The Kier molecular flexibility index (Phi) is 5.90. The van der Waals surface area contributed by atoms with Gasteiger partial charge in [0, 0.05) is 18.0 Å². The van der Waals surface area contributed by atoms with Crippen molar-refractivity contribution in [1.82, 2.24) is 19.8 Å². The number of carboxylic acid groups (broad SMARTS) is 1. The Hall–Kier alpha value is -4.34. The Morgan fingerprint density at radius 1 is 1.20 bits per heavy atom. The molecule has 0 radical (unpaired) electrons. The number of ether oxygens (including phenoxy) is 1. The van der Waals surface area contributed by atoms with Crippen molar-refractivity contribution in [1.29, 1.82) is 0 Å². The van der Waals surface area contributed by atoms with Gasteiger partial charge < -0.3 is 24.1 Å². The molecule has 0 bridgehead atoms. The van der Waals surface area contributed by atoms with E-state index in [4.69, 9.17) is 9.15 Å². The predicted octanol–water partition coefficient (Wildman–Crippen LogP) is 6.03. The summed E-state index contributed by atoms with van der Waals surface area (Å²) in [4.78, 5) is 43.4. The van der Waals surface area contributed by atoms with Crippen LogP contribution in [0.3, 0.4) is 0 Å². The molecule has 1 atom stereocenters. The second-order valence-electron chi connectivity index (χ2n) is 11.7. The first kappa shape index (κ1) is 25.9. The highest BCUT2D eigenvalue weighted by molar-refractivity contribution is 6.04. The van der Waals surface area contributed by atoms with Gasteiger partial charge >= 0.3 is 12.2 Å². The maximum absolute atomic E-state index is 13.7. The number of rotatable bonds is 4. The summed E-state index contributed by atoms with van der Waals surface area (Å²) >= 11 is 0. The van der Waals surface area contributed by atoms with Crippen molar-refractivity contribution in [2.75, 3.05) is 0 Å². The SMILES string of the molecule is Cc1c(-c2ccc3c(c2)CN(C(=O)O)[C@H]3C)ccc2c3oc(CNC(=O)OC(C)(C)C)nc3c(=O)n(C3CC3)c12. The average molecular weight is 545 g/mol. The van der Waals surface area contributed by atoms with Gasteiger partial charge in [0.15, 0.2) is 11.1 Å². The fourth-order valence-electron chi connectivity index (χ4n) is 5.67. The molecule has 10 nitrogen and oxygen atoms in total. The van der Waals surface area contributed by atoms with Gasteiger partial charge in [0.1, 0.15) is 5.60 Å². The first-order valence-electron chi connectivity index (χ1n) is 13.5. The third-order valence-electron chi connectivity index (χ3n) is 7.66. The largest absolute Gasteiger partial charge is 0.465 e. The molecule has 10 heteroatoms. The van der Waals surface area contributed by atoms with Crippen molar-refractivity contribution in [2.24, 2.45) is 0 Å². The van der Waals surface area contributed by atoms with E-state index in [0.29, 0.717) is 12.1 Å². The van der Waals surface area contributed by atoms with E-state index in [2.05, 4.69) is 16.4 Å². The smallest absolute Gasteiger partial charge is 0.408 e. The van der Waals surface area contributed by atoms with Crippen LogP contribution in [0.5, 0.6) is 0 Å². The zero-order valence-corrected chi connectivity index (χ0v) is 23.2. The van der Waals surface area contributed by atoms with Gasteiger partial charge in [-0.2, -0.15) is 0 Å². The topological polar surface area (TPSA) is 127 Å². The molecule has 2 N–H and O–H groups in total. The third-order valence-corrected chi connectivity index (χ3v) is 7.66. The Morgan fingerprint density at radius 2 is 1.95 bits per heavy atom. The number of benzene rings is 2. The quantitative estimate of drug-likeness (QED) is 0.321. The van der Waals surface area contributed by atoms with Crippen LogP contribution in [0, 0.1) is 6.92 Å². The lowest BCUT2D eigenvalue weighted by atomic mass is 9.94. The van der Waals surface area contributed by atoms with Crippen LogP contribution in [0.25, 0.3) is 33.1 Å². The normalized spacial score (nSPS) is 16.9. The number of aromatic nitrogens is 2. The molecule has 1 saturated carbocycles. The zero-order chi connectivity index (χ0) is 28.5. The van der Waals surface area contributed by atoms with Gasteiger partial charge in [0.05, 0.1) is 18.1 Å². The van der Waals surface area contributed by atoms with Crippen molar-refractivity contribution in [3.05, 3.63) is 63.3 Å². The van der Waals surface area contributed by atoms with Crippen molar-refractivity contribution in [3.63, 3.8) is 0 Å². The molecule has 2 aromatic heterocycles. The molecule has 0 saturated heterocycles. The number of nitrogens with zero attached hydrogens (tertiary/aromatic N) is 3. The number of pyridine rings is 1. The van der Waals surface area contributed by atoms with E-state index in [9.17, 15) is 19.5 Å². The Bertz CT molecular complexity index is 1760. The summed E-state index contributed by atoms with van der Waals surface area (Å²) in [5.41, 5.74) is 5.47. The molecule has 1 aliphatic heterocycles. The summed E-state index contributed by atoms with van der Waals surface area (Å²) in [5, 5.41) is 13.0. The number of hydrogen-bond acceptors (Lipinski definition) is 6. The van der Waals surface area contributed by atoms with E-state index in [1.807, 2.05) is 42.7 Å². The fraction of sp³-hybridized carbons (Fsp3) is 0.400. The number of oxazole rings is 1. The van der Waals surface area contributed by atoms with Crippen LogP contribution in [0.2, 0.25) is 0 Å². The summed E-state index contributed by atoms with van der Waals surface area (Å²) in [6.07, 6.45) is 0.302. The minimum absolute atomic E-state index is 0.00801. The number of hydrogen-bond donors (Lipinski definition) is 2. The second-order valence-corrected chi connectivity index (χ2v) is 11.7. The molecule has 6 rings (SSSR count). The predicted molar refractivity (Wildman–Crippen MR) is 149 cm³/mol. The maximum atomic E-state index is 13.7. The Balaban J connectivity index is 1.43. The van der Waals surface area contributed by atoms with E-state index < -0.39 is 17.8 Å². The van der Waals surface area contributed by atoms with Gasteiger partial charge in [-0.1, -0.05) is 18.2 Å². The number of carbonyl (C=O) groups is 2. The standard InChI is InChI=1S/C30H32N4O6/c1-15-20(17-6-9-21-16(2)33(29(37)38)14-18(21)12-17)10-11-22-25(15)34(19-7-8-19)27(35)24-26(22)39-23(32-24)13-31-28(36)40-30(3,4)5/h6,9-12,16,19H,7-8,13-14H2,1-5H3,(H,31,36)(H,37,38)/t16-/m0/s1. The minimum atomic E-state index is -0.933. The van der Waals surface area contributed by atoms with Crippen molar-refractivity contribution >= 4 is 34.2 Å². The molecule has 0 unspecified atom stereocenters. The van der Waals surface area contributed by atoms with Gasteiger partial charge in [-0.05, 0) is 87.4 Å². The highest BCUT2D eigenvalue weighted by Crippen LogP contribution is 2.41. The summed E-state index contributed by atoms with van der Waals surface area (Å²) < 4.78 is 13.2. The zero-order valence-electron chi connectivity index (χ0n) is 23.2. The molecule has 2 aromatic carbocycles. The van der Waals surface area contributed by atoms with Crippen LogP contribution >= 0.6 is 0 Å². The molecule has 208 valence electrons. The van der Waals surface area contributed by atoms with Crippen LogP contribution in [-0.4, -0.2) is 37.3 Å². The first-order chi connectivity index (χ1) is 18.9. The van der Waals surface area contributed by atoms with Crippen LogP contribution in [0.1, 0.15) is 75.2 Å². The summed E-state index contributed by atoms with van der Waals surface area (Å²) in [5.74, 6) is 0.227. The number of fused-ring (bicyclic) bond motifs is 4. The lowest BCUT2D eigenvalue weighted by Crippen LogP contribution is -2.32. The van der Waals surface area contributed by atoms with Gasteiger partial charge in [-0.3, -0.25) is 9.69 Å². The molecule has 2 aliphatic rings. The van der Waals surface area contributed by atoms with Gasteiger partial charge in [0.25, 0.3) is 5.56 Å². The first-order valence-corrected chi connectivity index (χ1v) is 13.5. The molecule has 3 heterocycles. The van der Waals surface area contributed by atoms with Crippen LogP contribution in [0.15, 0.2) is 39.5 Å². The summed E-state index contributed by atoms with van der Waals surface area (Å²) in [6, 6.07) is 9.93. The number of alkyl carbamates (subject to hydrolysis) is 1. The maximum Gasteiger partial charge on any atom is 0.408 e. The van der Waals surface area contributed by atoms with E-state index in [1.54, 1.807) is 20.8 Å². The number of nitrogens with one attached hydrogen (secondary N) is 1. The number of amides is 2. The van der Waals surface area contributed by atoms with Gasteiger partial charge in [-0.15, -0.1) is 0 Å². The summed E-state index contributed by atoms with van der Waals surface area (Å²) in [6.45, 7) is 9.58. The highest BCUT2D eigenvalue weighted by atomic mass is 16.6. The lowest BCUT2D eigenvalue weighted by molar-refractivity contribution is 0.0519. The van der Waals surface area contributed by atoms with E-state index >= 15 is 0 Å². The molecule has 4 aromatic rings. The van der Waals surface area contributed by atoms with Crippen molar-refractivity contribution in [3.8, 4) is 11.1 Å². The molecule has 2 amide bonds. The highest BCUT2D eigenvalue weighted by Gasteiger charge is 2.32. The molecule has 1 aliphatic carbocycles. The lowest BCUT2D eigenvalue weighted by Gasteiger charge is -2.19. The molecular weight excluding hydrogens is 512 g/mol. The fourth-order valence-corrected chi connectivity index (χ4v) is 5.67. The van der Waals surface area contributed by atoms with Crippen LogP contribution in [0.4, 0.5) is 9.59 Å². The van der Waals surface area contributed by atoms with E-state index in [1.165, 1.54) is 4.90 Å². The van der Waals surface area contributed by atoms with E-state index in [-0.39, 0.29) is 35.6 Å². The summed E-state index contributed by atoms with van der Waals surface area (Å²) in [7, 11) is 0. The van der Waals surface area contributed by atoms with E-state index in [0.717, 1.165) is 51.6 Å². The molecule has 0 spiro atoms. The molecular formula is C30H32N4O6. The Morgan fingerprint density at radius 3 is 2.62 bits per heavy atom.